The summed E-state index contributed by atoms with van der Waals surface area (Å²) in [5.41, 5.74) is 1.47. The minimum absolute atomic E-state index is 0.816. The fourth-order valence-corrected chi connectivity index (χ4v) is 2.92. The van der Waals surface area contributed by atoms with E-state index in [1.807, 2.05) is 0 Å². The van der Waals surface area contributed by atoms with Gasteiger partial charge in [0.05, 0.1) is 6.61 Å². The Morgan fingerprint density at radius 3 is 2.23 bits per heavy atom. The molecule has 2 aromatic carbocycles. The van der Waals surface area contributed by atoms with Gasteiger partial charge in [-0.2, -0.15) is 0 Å². The van der Waals surface area contributed by atoms with E-state index < -0.39 is 0 Å². The molecule has 0 amide bonds. The average molecular weight is 298 g/mol. The van der Waals surface area contributed by atoms with Crippen molar-refractivity contribution in [3.8, 4) is 5.75 Å². The van der Waals surface area contributed by atoms with Crippen molar-refractivity contribution < 1.29 is 4.74 Å². The summed E-state index contributed by atoms with van der Waals surface area (Å²) < 4.78 is 5.97. The van der Waals surface area contributed by atoms with E-state index in [2.05, 4.69) is 50.2 Å². The molecule has 1 nitrogen and oxygen atoms in total. The third-order valence-corrected chi connectivity index (χ3v) is 4.28. The molecule has 1 heteroatoms. The van der Waals surface area contributed by atoms with Gasteiger partial charge < -0.3 is 4.74 Å². The van der Waals surface area contributed by atoms with Crippen LogP contribution in [-0.2, 0) is 6.42 Å². The maximum Gasteiger partial charge on any atom is 0.127 e. The largest absolute Gasteiger partial charge is 0.493 e. The van der Waals surface area contributed by atoms with Gasteiger partial charge in [0.2, 0.25) is 0 Å². The first-order chi connectivity index (χ1) is 10.9. The van der Waals surface area contributed by atoms with E-state index in [0.29, 0.717) is 0 Å². The van der Waals surface area contributed by atoms with Gasteiger partial charge in [-0.25, -0.2) is 0 Å². The Kier molecular flexibility index (Phi) is 7.28. The van der Waals surface area contributed by atoms with Crippen LogP contribution >= 0.6 is 0 Å². The molecule has 0 N–H and O–H groups in total. The van der Waals surface area contributed by atoms with Crippen LogP contribution in [0.4, 0.5) is 0 Å². The fraction of sp³-hybridized carbons (Fsp3) is 0.524. The fourth-order valence-electron chi connectivity index (χ4n) is 2.92. The minimum atomic E-state index is 0.816. The van der Waals surface area contributed by atoms with Crippen LogP contribution in [0.15, 0.2) is 36.4 Å². The normalized spacial score (nSPS) is 11.0. The van der Waals surface area contributed by atoms with Crippen LogP contribution in [0.1, 0.15) is 64.4 Å². The summed E-state index contributed by atoms with van der Waals surface area (Å²) in [7, 11) is 0. The SMILES string of the molecule is CCCCCCCc1ccc(OCCCC)c2ccccc12. The molecule has 0 atom stereocenters. The number of fused-ring (bicyclic) bond motifs is 1. The highest BCUT2D eigenvalue weighted by Crippen LogP contribution is 2.29. The predicted octanol–water partition coefficient (Wildman–Crippen LogP) is 6.53. The van der Waals surface area contributed by atoms with Crippen molar-refractivity contribution in [2.45, 2.75) is 65.2 Å². The van der Waals surface area contributed by atoms with E-state index in [1.165, 1.54) is 61.3 Å². The Morgan fingerprint density at radius 1 is 0.727 bits per heavy atom. The van der Waals surface area contributed by atoms with Gasteiger partial charge in [0, 0.05) is 5.39 Å². The molecule has 0 aliphatic rings. The van der Waals surface area contributed by atoms with Crippen LogP contribution in [-0.4, -0.2) is 6.61 Å². The summed E-state index contributed by atoms with van der Waals surface area (Å²) in [4.78, 5) is 0. The molecule has 0 saturated heterocycles. The number of benzene rings is 2. The van der Waals surface area contributed by atoms with E-state index in [9.17, 15) is 0 Å². The molecule has 0 spiro atoms. The van der Waals surface area contributed by atoms with Gasteiger partial charge in [-0.3, -0.25) is 0 Å². The number of hydrogen-bond donors (Lipinski definition) is 0. The van der Waals surface area contributed by atoms with E-state index in [-0.39, 0.29) is 0 Å². The molecule has 0 unspecified atom stereocenters. The first-order valence-corrected chi connectivity index (χ1v) is 9.00. The molecular weight excluding hydrogens is 268 g/mol. The highest BCUT2D eigenvalue weighted by Gasteiger charge is 2.06. The van der Waals surface area contributed by atoms with E-state index in [0.717, 1.165) is 18.8 Å². The molecule has 2 aromatic rings. The van der Waals surface area contributed by atoms with Gasteiger partial charge in [0.15, 0.2) is 0 Å². The molecule has 2 rings (SSSR count). The lowest BCUT2D eigenvalue weighted by molar-refractivity contribution is 0.313. The second-order valence-electron chi connectivity index (χ2n) is 6.13. The standard InChI is InChI=1S/C21H30O/c1-3-5-7-8-9-12-18-15-16-21(22-17-6-4-2)20-14-11-10-13-19(18)20/h10-11,13-16H,3-9,12,17H2,1-2H3. The lowest BCUT2D eigenvalue weighted by Gasteiger charge is -2.12. The zero-order valence-corrected chi connectivity index (χ0v) is 14.2. The minimum Gasteiger partial charge on any atom is -0.493 e. The van der Waals surface area contributed by atoms with Gasteiger partial charge in [-0.1, -0.05) is 76.3 Å². The van der Waals surface area contributed by atoms with Crippen molar-refractivity contribution in [2.24, 2.45) is 0 Å². The quantitative estimate of drug-likeness (QED) is 0.453. The van der Waals surface area contributed by atoms with Gasteiger partial charge in [0.25, 0.3) is 0 Å². The molecule has 0 radical (unpaired) electrons. The molecule has 0 bridgehead atoms. The van der Waals surface area contributed by atoms with Crippen LogP contribution in [0.25, 0.3) is 10.8 Å². The van der Waals surface area contributed by atoms with Crippen LogP contribution < -0.4 is 4.74 Å². The third kappa shape index (κ3) is 4.76. The lowest BCUT2D eigenvalue weighted by atomic mass is 9.98. The zero-order chi connectivity index (χ0) is 15.6. The van der Waals surface area contributed by atoms with Crippen LogP contribution in [0.3, 0.4) is 0 Å². The molecule has 0 aliphatic carbocycles. The Bertz CT molecular complexity index is 559. The smallest absolute Gasteiger partial charge is 0.127 e. The first-order valence-electron chi connectivity index (χ1n) is 9.00. The molecule has 0 aliphatic heterocycles. The Labute approximate surface area is 135 Å². The van der Waals surface area contributed by atoms with Crippen molar-refractivity contribution >= 4 is 10.8 Å². The zero-order valence-electron chi connectivity index (χ0n) is 14.2. The number of ether oxygens (including phenoxy) is 1. The summed E-state index contributed by atoms with van der Waals surface area (Å²) >= 11 is 0. The van der Waals surface area contributed by atoms with Crippen LogP contribution in [0, 0.1) is 0 Å². The number of hydrogen-bond acceptors (Lipinski definition) is 1. The van der Waals surface area contributed by atoms with Gasteiger partial charge in [-0.15, -0.1) is 0 Å². The van der Waals surface area contributed by atoms with Crippen LogP contribution in [0.2, 0.25) is 0 Å². The molecule has 0 fully saturated rings. The van der Waals surface area contributed by atoms with Crippen molar-refractivity contribution in [1.82, 2.24) is 0 Å². The summed E-state index contributed by atoms with van der Waals surface area (Å²) in [5, 5.41) is 2.64. The molecule has 120 valence electrons. The highest BCUT2D eigenvalue weighted by molar-refractivity contribution is 5.91. The molecule has 22 heavy (non-hydrogen) atoms. The Morgan fingerprint density at radius 2 is 1.45 bits per heavy atom. The molecular formula is C21H30O. The van der Waals surface area contributed by atoms with Gasteiger partial charge in [-0.05, 0) is 36.3 Å². The average Bonchev–Trinajstić information content (AvgIpc) is 2.56. The summed E-state index contributed by atoms with van der Waals surface area (Å²) in [6.45, 7) is 5.28. The highest BCUT2D eigenvalue weighted by atomic mass is 16.5. The second-order valence-corrected chi connectivity index (χ2v) is 6.13. The molecule has 0 saturated carbocycles. The maximum atomic E-state index is 5.97. The topological polar surface area (TPSA) is 9.23 Å². The van der Waals surface area contributed by atoms with E-state index >= 15 is 0 Å². The molecule has 0 aromatic heterocycles. The Balaban J connectivity index is 2.07. The van der Waals surface area contributed by atoms with Crippen molar-refractivity contribution in [3.63, 3.8) is 0 Å². The first kappa shape index (κ1) is 16.9. The second kappa shape index (κ2) is 9.50. The molecule has 0 heterocycles. The van der Waals surface area contributed by atoms with Gasteiger partial charge >= 0.3 is 0 Å². The summed E-state index contributed by atoms with van der Waals surface area (Å²) in [6, 6.07) is 13.1. The maximum absolute atomic E-state index is 5.97. The van der Waals surface area contributed by atoms with Crippen LogP contribution in [0.5, 0.6) is 5.75 Å². The lowest BCUT2D eigenvalue weighted by Crippen LogP contribution is -1.98. The third-order valence-electron chi connectivity index (χ3n) is 4.28. The Hall–Kier alpha value is -1.50. The van der Waals surface area contributed by atoms with Crippen molar-refractivity contribution in [3.05, 3.63) is 42.0 Å². The predicted molar refractivity (Wildman–Crippen MR) is 96.8 cm³/mol. The van der Waals surface area contributed by atoms with Crippen molar-refractivity contribution in [1.29, 1.82) is 0 Å². The number of aryl methyl sites for hydroxylation is 1. The number of unbranched alkanes of at least 4 members (excludes halogenated alkanes) is 5. The van der Waals surface area contributed by atoms with Gasteiger partial charge in [0.1, 0.15) is 5.75 Å². The van der Waals surface area contributed by atoms with E-state index in [1.54, 1.807) is 0 Å². The monoisotopic (exact) mass is 298 g/mol. The summed E-state index contributed by atoms with van der Waals surface area (Å²) in [6.07, 6.45) is 10.2. The van der Waals surface area contributed by atoms with E-state index in [4.69, 9.17) is 4.74 Å². The summed E-state index contributed by atoms with van der Waals surface area (Å²) in [5.74, 6) is 1.04. The van der Waals surface area contributed by atoms with Crippen molar-refractivity contribution in [2.75, 3.05) is 6.61 Å². The number of rotatable bonds is 10.